The Hall–Kier alpha value is -0.670. The van der Waals surface area contributed by atoms with E-state index >= 15 is 0 Å². The van der Waals surface area contributed by atoms with Crippen LogP contribution in [-0.2, 0) is 0 Å². The van der Waals surface area contributed by atoms with E-state index < -0.39 is 0 Å². The summed E-state index contributed by atoms with van der Waals surface area (Å²) in [7, 11) is 0. The van der Waals surface area contributed by atoms with E-state index in [1.54, 1.807) is 6.20 Å². The van der Waals surface area contributed by atoms with Crippen LogP contribution >= 0.6 is 15.9 Å². The summed E-state index contributed by atoms with van der Waals surface area (Å²) in [6.07, 6.45) is 5.64. The normalized spacial score (nSPS) is 13.6. The molecule has 0 spiro atoms. The van der Waals surface area contributed by atoms with Crippen LogP contribution in [0.25, 0.3) is 6.08 Å². The summed E-state index contributed by atoms with van der Waals surface area (Å²) in [5.74, 6) is 0. The summed E-state index contributed by atoms with van der Waals surface area (Å²) in [6.45, 7) is 1.93. The maximum Gasteiger partial charge on any atom is 0.113 e. The lowest BCUT2D eigenvalue weighted by Crippen LogP contribution is -2.09. The van der Waals surface area contributed by atoms with E-state index in [0.29, 0.717) is 0 Å². The van der Waals surface area contributed by atoms with Crippen molar-refractivity contribution < 1.29 is 0 Å². The molecule has 1 aromatic heterocycles. The van der Waals surface area contributed by atoms with E-state index in [4.69, 9.17) is 5.73 Å². The van der Waals surface area contributed by atoms with Gasteiger partial charge in [0.2, 0.25) is 0 Å². The predicted octanol–water partition coefficient (Wildman–Crippen LogP) is 2.20. The van der Waals surface area contributed by atoms with Gasteiger partial charge < -0.3 is 5.73 Å². The zero-order valence-electron chi connectivity index (χ0n) is 6.87. The highest BCUT2D eigenvalue weighted by Crippen LogP contribution is 2.13. The van der Waals surface area contributed by atoms with Gasteiger partial charge in [0, 0.05) is 17.8 Å². The van der Waals surface area contributed by atoms with E-state index in [1.807, 2.05) is 31.2 Å². The monoisotopic (exact) mass is 226 g/mol. The maximum atomic E-state index is 5.57. The van der Waals surface area contributed by atoms with Crippen LogP contribution in [0.15, 0.2) is 29.0 Å². The first kappa shape index (κ1) is 9.42. The Morgan fingerprint density at radius 2 is 2.42 bits per heavy atom. The zero-order chi connectivity index (χ0) is 8.97. The molecule has 0 aliphatic heterocycles. The first-order valence-corrected chi connectivity index (χ1v) is 4.54. The highest BCUT2D eigenvalue weighted by atomic mass is 79.9. The molecule has 1 rings (SSSR count). The largest absolute Gasteiger partial charge is 0.325 e. The number of hydrogen-bond acceptors (Lipinski definition) is 2. The Morgan fingerprint density at radius 3 is 3.00 bits per heavy atom. The Bertz CT molecular complexity index is 282. The van der Waals surface area contributed by atoms with Crippen LogP contribution in [0, 0.1) is 0 Å². The molecule has 3 heteroatoms. The molecule has 0 aromatic carbocycles. The number of nitrogens with zero attached hydrogens (tertiary/aromatic N) is 1. The molecule has 0 fully saturated rings. The fraction of sp³-hybridized carbons (Fsp3) is 0.222. The molecule has 2 N–H and O–H groups in total. The van der Waals surface area contributed by atoms with E-state index in [1.165, 1.54) is 0 Å². The third-order valence-corrected chi connectivity index (χ3v) is 2.03. The van der Waals surface area contributed by atoms with Gasteiger partial charge in [0.25, 0.3) is 0 Å². The lowest BCUT2D eigenvalue weighted by atomic mass is 10.2. The quantitative estimate of drug-likeness (QED) is 0.786. The van der Waals surface area contributed by atoms with Gasteiger partial charge in [-0.15, -0.1) is 0 Å². The topological polar surface area (TPSA) is 38.9 Å². The molecule has 1 unspecified atom stereocenters. The van der Waals surface area contributed by atoms with Crippen molar-refractivity contribution in [2.75, 3.05) is 0 Å². The van der Waals surface area contributed by atoms with Gasteiger partial charge in [-0.25, -0.2) is 4.98 Å². The van der Waals surface area contributed by atoms with E-state index in [0.717, 1.165) is 10.2 Å². The molecule has 0 saturated carbocycles. The van der Waals surface area contributed by atoms with Crippen molar-refractivity contribution >= 4 is 22.0 Å². The molecule has 1 aromatic rings. The Kier molecular flexibility index (Phi) is 3.44. The molecule has 12 heavy (non-hydrogen) atoms. The molecular weight excluding hydrogens is 216 g/mol. The second-order valence-corrected chi connectivity index (χ2v) is 3.35. The molecular formula is C9H11BrN2. The minimum atomic E-state index is 0.0807. The first-order valence-electron chi connectivity index (χ1n) is 3.74. The van der Waals surface area contributed by atoms with Gasteiger partial charge >= 0.3 is 0 Å². The highest BCUT2D eigenvalue weighted by molar-refractivity contribution is 9.10. The molecule has 2 nitrogen and oxygen atoms in total. The lowest BCUT2D eigenvalue weighted by Gasteiger charge is -1.97. The third-order valence-electron chi connectivity index (χ3n) is 1.37. The molecule has 64 valence electrons. The van der Waals surface area contributed by atoms with Gasteiger partial charge in [-0.05, 0) is 28.9 Å². The van der Waals surface area contributed by atoms with Crippen LogP contribution in [0.5, 0.6) is 0 Å². The minimum Gasteiger partial charge on any atom is -0.325 e. The van der Waals surface area contributed by atoms with Crippen molar-refractivity contribution in [3.05, 3.63) is 34.6 Å². The van der Waals surface area contributed by atoms with Gasteiger partial charge in [0.1, 0.15) is 4.60 Å². The Balaban J connectivity index is 2.82. The zero-order valence-corrected chi connectivity index (χ0v) is 8.45. The Morgan fingerprint density at radius 1 is 1.67 bits per heavy atom. The van der Waals surface area contributed by atoms with Gasteiger partial charge in [-0.1, -0.05) is 18.2 Å². The summed E-state index contributed by atoms with van der Waals surface area (Å²) in [6, 6.07) is 3.96. The van der Waals surface area contributed by atoms with Crippen molar-refractivity contribution in [1.82, 2.24) is 4.98 Å². The van der Waals surface area contributed by atoms with Crippen molar-refractivity contribution in [3.63, 3.8) is 0 Å². The molecule has 0 saturated heterocycles. The molecule has 1 atom stereocenters. The third kappa shape index (κ3) is 2.75. The minimum absolute atomic E-state index is 0.0807. The number of aromatic nitrogens is 1. The van der Waals surface area contributed by atoms with Crippen LogP contribution in [0.3, 0.4) is 0 Å². The van der Waals surface area contributed by atoms with Crippen molar-refractivity contribution in [2.24, 2.45) is 5.73 Å². The van der Waals surface area contributed by atoms with Gasteiger partial charge in [-0.2, -0.15) is 0 Å². The fourth-order valence-electron chi connectivity index (χ4n) is 0.778. The SMILES string of the molecule is CC(N)/C=C/c1cccnc1Br. The fourth-order valence-corrected chi connectivity index (χ4v) is 1.16. The first-order chi connectivity index (χ1) is 5.70. The summed E-state index contributed by atoms with van der Waals surface area (Å²) >= 11 is 3.34. The van der Waals surface area contributed by atoms with Crippen LogP contribution in [0.4, 0.5) is 0 Å². The van der Waals surface area contributed by atoms with Crippen molar-refractivity contribution in [3.8, 4) is 0 Å². The second kappa shape index (κ2) is 4.38. The van der Waals surface area contributed by atoms with E-state index in [9.17, 15) is 0 Å². The molecule has 0 radical (unpaired) electrons. The maximum absolute atomic E-state index is 5.57. The van der Waals surface area contributed by atoms with Crippen LogP contribution in [0.2, 0.25) is 0 Å². The Labute approximate surface area is 80.6 Å². The molecule has 1 heterocycles. The molecule has 0 amide bonds. The second-order valence-electron chi connectivity index (χ2n) is 2.60. The number of hydrogen-bond donors (Lipinski definition) is 1. The summed E-state index contributed by atoms with van der Waals surface area (Å²) < 4.78 is 0.849. The number of rotatable bonds is 2. The van der Waals surface area contributed by atoms with Crippen molar-refractivity contribution in [1.29, 1.82) is 0 Å². The van der Waals surface area contributed by atoms with Crippen LogP contribution in [-0.4, -0.2) is 11.0 Å². The molecule has 0 bridgehead atoms. The van der Waals surface area contributed by atoms with Gasteiger partial charge in [0.05, 0.1) is 0 Å². The highest BCUT2D eigenvalue weighted by Gasteiger charge is 1.94. The van der Waals surface area contributed by atoms with E-state index in [-0.39, 0.29) is 6.04 Å². The summed E-state index contributed by atoms with van der Waals surface area (Å²) in [4.78, 5) is 4.08. The van der Waals surface area contributed by atoms with E-state index in [2.05, 4.69) is 20.9 Å². The number of pyridine rings is 1. The van der Waals surface area contributed by atoms with Crippen LogP contribution < -0.4 is 5.73 Å². The molecule has 0 aliphatic carbocycles. The number of halogens is 1. The van der Waals surface area contributed by atoms with Crippen molar-refractivity contribution in [2.45, 2.75) is 13.0 Å². The standard InChI is InChI=1S/C9H11BrN2/c1-7(11)4-5-8-3-2-6-12-9(8)10/h2-7H,11H2,1H3/b5-4+. The predicted molar refractivity (Wildman–Crippen MR) is 54.6 cm³/mol. The van der Waals surface area contributed by atoms with Gasteiger partial charge in [0.15, 0.2) is 0 Å². The van der Waals surface area contributed by atoms with Crippen LogP contribution in [0.1, 0.15) is 12.5 Å². The summed E-state index contributed by atoms with van der Waals surface area (Å²) in [5, 5.41) is 0. The molecule has 0 aliphatic rings. The summed E-state index contributed by atoms with van der Waals surface area (Å²) in [5.41, 5.74) is 6.62. The average Bonchev–Trinajstić information content (AvgIpc) is 2.03. The average molecular weight is 227 g/mol. The smallest absolute Gasteiger partial charge is 0.113 e. The van der Waals surface area contributed by atoms with Gasteiger partial charge in [-0.3, -0.25) is 0 Å². The number of nitrogens with two attached hydrogens (primary N) is 1. The lowest BCUT2D eigenvalue weighted by molar-refractivity contribution is 0.930.